The molecule has 0 radical (unpaired) electrons. The molecule has 0 aromatic carbocycles. The Kier molecular flexibility index (Phi) is 2.85. The average Bonchev–Trinajstić information content (AvgIpc) is 2.87. The molecule has 3 rings (SSSR count). The Bertz CT molecular complexity index is 573. The third-order valence-corrected chi connectivity index (χ3v) is 4.42. The number of anilines is 1. The molecular weight excluding hydrogens is 290 g/mol. The predicted octanol–water partition coefficient (Wildman–Crippen LogP) is 3.61. The first-order valence-corrected chi connectivity index (χ1v) is 7.55. The van der Waals surface area contributed by atoms with Crippen LogP contribution in [0.15, 0.2) is 24.4 Å². The van der Waals surface area contributed by atoms with E-state index in [9.17, 15) is 0 Å². The van der Waals surface area contributed by atoms with Crippen LogP contribution in [-0.4, -0.2) is 21.5 Å². The van der Waals surface area contributed by atoms with Gasteiger partial charge in [-0.1, -0.05) is 22.0 Å². The van der Waals surface area contributed by atoms with Gasteiger partial charge in [-0.05, 0) is 38.8 Å². The molecule has 0 atom stereocenters. The largest absolute Gasteiger partial charge is 0.350 e. The van der Waals surface area contributed by atoms with Crippen LogP contribution < -0.4 is 4.90 Å². The van der Waals surface area contributed by atoms with Gasteiger partial charge >= 0.3 is 0 Å². The van der Waals surface area contributed by atoms with Gasteiger partial charge in [0.15, 0.2) is 5.82 Å². The third kappa shape index (κ3) is 1.74. The number of alkyl halides is 1. The molecule has 18 heavy (non-hydrogen) atoms. The number of fused-ring (bicyclic) bond motifs is 1. The molecule has 1 aliphatic rings. The van der Waals surface area contributed by atoms with Crippen molar-refractivity contribution in [1.29, 1.82) is 0 Å². The quantitative estimate of drug-likeness (QED) is 0.790. The summed E-state index contributed by atoms with van der Waals surface area (Å²) in [6, 6.07) is 6.16. The summed E-state index contributed by atoms with van der Waals surface area (Å²) in [5.74, 6) is 1.14. The molecule has 1 aliphatic heterocycles. The van der Waals surface area contributed by atoms with Crippen LogP contribution in [0.1, 0.15) is 32.4 Å². The fourth-order valence-corrected chi connectivity index (χ4v) is 3.40. The Hall–Kier alpha value is -1.03. The van der Waals surface area contributed by atoms with Gasteiger partial charge in [0.1, 0.15) is 5.65 Å². The molecular formula is C14H18BrN3. The van der Waals surface area contributed by atoms with E-state index in [-0.39, 0.29) is 5.54 Å². The van der Waals surface area contributed by atoms with E-state index in [4.69, 9.17) is 4.98 Å². The van der Waals surface area contributed by atoms with E-state index in [1.807, 2.05) is 6.07 Å². The molecule has 96 valence electrons. The van der Waals surface area contributed by atoms with Crippen LogP contribution >= 0.6 is 15.9 Å². The second-order valence-corrected chi connectivity index (χ2v) is 6.07. The molecule has 0 amide bonds. The van der Waals surface area contributed by atoms with E-state index in [1.54, 1.807) is 0 Å². The van der Waals surface area contributed by atoms with Crippen LogP contribution in [0.3, 0.4) is 0 Å². The molecule has 3 nitrogen and oxygen atoms in total. The molecule has 2 aromatic rings. The maximum atomic E-state index is 4.82. The molecule has 2 aromatic heterocycles. The fraction of sp³-hybridized carbons (Fsp3) is 0.500. The van der Waals surface area contributed by atoms with E-state index in [1.165, 1.54) is 18.5 Å². The molecule has 0 unspecified atom stereocenters. The van der Waals surface area contributed by atoms with Crippen molar-refractivity contribution in [3.63, 3.8) is 0 Å². The Morgan fingerprint density at radius 3 is 2.89 bits per heavy atom. The highest BCUT2D eigenvalue weighted by Gasteiger charge is 2.34. The monoisotopic (exact) mass is 307 g/mol. The van der Waals surface area contributed by atoms with E-state index in [2.05, 4.69) is 57.4 Å². The van der Waals surface area contributed by atoms with Crippen molar-refractivity contribution >= 4 is 27.4 Å². The fourth-order valence-electron chi connectivity index (χ4n) is 2.87. The number of halogens is 1. The molecule has 0 saturated carbocycles. The van der Waals surface area contributed by atoms with Crippen molar-refractivity contribution in [3.05, 3.63) is 30.1 Å². The molecule has 0 spiro atoms. The van der Waals surface area contributed by atoms with Crippen LogP contribution in [0.5, 0.6) is 0 Å². The van der Waals surface area contributed by atoms with Gasteiger partial charge in [0.25, 0.3) is 0 Å². The van der Waals surface area contributed by atoms with E-state index < -0.39 is 0 Å². The predicted molar refractivity (Wildman–Crippen MR) is 78.5 cm³/mol. The lowest BCUT2D eigenvalue weighted by molar-refractivity contribution is 0.514. The van der Waals surface area contributed by atoms with Gasteiger partial charge in [-0.2, -0.15) is 0 Å². The smallest absolute Gasteiger partial charge is 0.152 e. The summed E-state index contributed by atoms with van der Waals surface area (Å²) in [6.07, 6.45) is 4.58. The Morgan fingerprint density at radius 2 is 2.22 bits per heavy atom. The number of hydrogen-bond donors (Lipinski definition) is 0. The van der Waals surface area contributed by atoms with Crippen molar-refractivity contribution in [1.82, 2.24) is 9.38 Å². The number of rotatable bonds is 2. The standard InChI is InChI=1S/C14H18BrN3/c1-14(2)7-5-9-18(14)13-11(10-15)17-8-4-3-6-12(17)16-13/h3-4,6,8H,5,7,9-10H2,1-2H3. The number of aromatic nitrogens is 2. The third-order valence-electron chi connectivity index (χ3n) is 3.89. The lowest BCUT2D eigenvalue weighted by atomic mass is 10.0. The van der Waals surface area contributed by atoms with E-state index in [0.717, 1.165) is 23.3 Å². The average molecular weight is 308 g/mol. The van der Waals surface area contributed by atoms with Crippen molar-refractivity contribution in [2.45, 2.75) is 37.6 Å². The summed E-state index contributed by atoms with van der Waals surface area (Å²) in [5.41, 5.74) is 2.50. The maximum Gasteiger partial charge on any atom is 0.152 e. The van der Waals surface area contributed by atoms with Gasteiger partial charge in [0.05, 0.1) is 5.69 Å². The summed E-state index contributed by atoms with van der Waals surface area (Å²) in [5, 5.41) is 0.833. The maximum absolute atomic E-state index is 4.82. The van der Waals surface area contributed by atoms with Crippen molar-refractivity contribution < 1.29 is 0 Å². The first-order chi connectivity index (χ1) is 8.63. The first kappa shape index (κ1) is 12.0. The normalized spacial score (nSPS) is 18.7. The van der Waals surface area contributed by atoms with Crippen molar-refractivity contribution in [2.75, 3.05) is 11.4 Å². The first-order valence-electron chi connectivity index (χ1n) is 6.43. The Morgan fingerprint density at radius 1 is 1.39 bits per heavy atom. The van der Waals surface area contributed by atoms with Crippen LogP contribution in [0, 0.1) is 0 Å². The van der Waals surface area contributed by atoms with Gasteiger partial charge < -0.3 is 9.30 Å². The highest BCUT2D eigenvalue weighted by molar-refractivity contribution is 9.08. The molecule has 3 heterocycles. The van der Waals surface area contributed by atoms with Crippen LogP contribution in [-0.2, 0) is 5.33 Å². The van der Waals surface area contributed by atoms with Crippen LogP contribution in [0.25, 0.3) is 5.65 Å². The lowest BCUT2D eigenvalue weighted by Crippen LogP contribution is -2.38. The SMILES string of the molecule is CC1(C)CCCN1c1nc2ccccn2c1CBr. The molecule has 0 aliphatic carbocycles. The number of pyridine rings is 1. The second kappa shape index (κ2) is 4.26. The summed E-state index contributed by atoms with van der Waals surface area (Å²) in [6.45, 7) is 5.72. The molecule has 1 fully saturated rings. The number of hydrogen-bond acceptors (Lipinski definition) is 2. The zero-order valence-corrected chi connectivity index (χ0v) is 12.4. The zero-order valence-electron chi connectivity index (χ0n) is 10.9. The topological polar surface area (TPSA) is 20.5 Å². The van der Waals surface area contributed by atoms with Gasteiger partial charge in [0.2, 0.25) is 0 Å². The number of imidazole rings is 1. The number of nitrogens with zero attached hydrogens (tertiary/aromatic N) is 3. The van der Waals surface area contributed by atoms with E-state index >= 15 is 0 Å². The summed E-state index contributed by atoms with van der Waals surface area (Å²) < 4.78 is 2.18. The Balaban J connectivity index is 2.17. The minimum Gasteiger partial charge on any atom is -0.350 e. The summed E-state index contributed by atoms with van der Waals surface area (Å²) in [7, 11) is 0. The molecule has 0 bridgehead atoms. The summed E-state index contributed by atoms with van der Waals surface area (Å²) in [4.78, 5) is 7.27. The zero-order chi connectivity index (χ0) is 12.8. The van der Waals surface area contributed by atoms with E-state index in [0.29, 0.717) is 0 Å². The van der Waals surface area contributed by atoms with Gasteiger partial charge in [0, 0.05) is 23.6 Å². The van der Waals surface area contributed by atoms with Crippen molar-refractivity contribution in [3.8, 4) is 0 Å². The molecule has 4 heteroatoms. The van der Waals surface area contributed by atoms with Gasteiger partial charge in [-0.15, -0.1) is 0 Å². The highest BCUT2D eigenvalue weighted by Crippen LogP contribution is 2.35. The van der Waals surface area contributed by atoms with Crippen molar-refractivity contribution in [2.24, 2.45) is 0 Å². The lowest BCUT2D eigenvalue weighted by Gasteiger charge is -2.32. The highest BCUT2D eigenvalue weighted by atomic mass is 79.9. The second-order valence-electron chi connectivity index (χ2n) is 5.51. The molecule has 1 saturated heterocycles. The molecule has 0 N–H and O–H groups in total. The van der Waals surface area contributed by atoms with Gasteiger partial charge in [-0.3, -0.25) is 0 Å². The Labute approximate surface area is 116 Å². The minimum absolute atomic E-state index is 0.217. The van der Waals surface area contributed by atoms with Crippen LogP contribution in [0.4, 0.5) is 5.82 Å². The summed E-state index contributed by atoms with van der Waals surface area (Å²) >= 11 is 3.61. The van der Waals surface area contributed by atoms with Gasteiger partial charge in [-0.25, -0.2) is 4.98 Å². The van der Waals surface area contributed by atoms with Crippen LogP contribution in [0.2, 0.25) is 0 Å². The minimum atomic E-state index is 0.217.